The first-order chi connectivity index (χ1) is 7.74. The van der Waals surface area contributed by atoms with Gasteiger partial charge in [-0.3, -0.25) is 4.79 Å². The third-order valence-electron chi connectivity index (χ3n) is 1.97. The van der Waals surface area contributed by atoms with Gasteiger partial charge < -0.3 is 9.47 Å². The first-order valence-electron chi connectivity index (χ1n) is 4.97. The Hall–Kier alpha value is -1.68. The fourth-order valence-electron chi connectivity index (χ4n) is 1.10. The van der Waals surface area contributed by atoms with Crippen molar-refractivity contribution in [2.45, 2.75) is 13.0 Å². The summed E-state index contributed by atoms with van der Waals surface area (Å²) in [7, 11) is 1.47. The lowest BCUT2D eigenvalue weighted by atomic mass is 10.2. The quantitative estimate of drug-likeness (QED) is 0.538. The molecular weight excluding hydrogens is 208 g/mol. The summed E-state index contributed by atoms with van der Waals surface area (Å²) in [4.78, 5) is 22.4. The summed E-state index contributed by atoms with van der Waals surface area (Å²) in [5, 5.41) is 0. The van der Waals surface area contributed by atoms with Gasteiger partial charge in [-0.25, -0.2) is 4.79 Å². The number of rotatable bonds is 6. The first kappa shape index (κ1) is 12.4. The molecular formula is C12H14O4. The SMILES string of the molecule is COCCC(=O)C(=O)OCc1ccccc1. The molecule has 4 heteroatoms. The number of esters is 1. The topological polar surface area (TPSA) is 52.6 Å². The van der Waals surface area contributed by atoms with Crippen LogP contribution < -0.4 is 0 Å². The molecule has 0 aliphatic heterocycles. The molecule has 0 unspecified atom stereocenters. The molecule has 1 aromatic rings. The second kappa shape index (κ2) is 6.74. The molecule has 0 fully saturated rings. The second-order valence-electron chi connectivity index (χ2n) is 3.23. The Balaban J connectivity index is 2.32. The molecule has 0 atom stereocenters. The van der Waals surface area contributed by atoms with Crippen molar-refractivity contribution in [1.29, 1.82) is 0 Å². The van der Waals surface area contributed by atoms with E-state index in [0.29, 0.717) is 0 Å². The molecule has 0 saturated heterocycles. The predicted molar refractivity (Wildman–Crippen MR) is 57.7 cm³/mol. The summed E-state index contributed by atoms with van der Waals surface area (Å²) in [6, 6.07) is 9.21. The van der Waals surface area contributed by atoms with Gasteiger partial charge in [0.2, 0.25) is 5.78 Å². The van der Waals surface area contributed by atoms with Crippen molar-refractivity contribution in [2.24, 2.45) is 0 Å². The Morgan fingerprint density at radius 3 is 2.50 bits per heavy atom. The van der Waals surface area contributed by atoms with Crippen molar-refractivity contribution in [3.05, 3.63) is 35.9 Å². The van der Waals surface area contributed by atoms with Gasteiger partial charge in [0.15, 0.2) is 0 Å². The van der Waals surface area contributed by atoms with Gasteiger partial charge >= 0.3 is 5.97 Å². The van der Waals surface area contributed by atoms with E-state index in [-0.39, 0.29) is 19.6 Å². The summed E-state index contributed by atoms with van der Waals surface area (Å²) in [6.07, 6.45) is 0.0596. The summed E-state index contributed by atoms with van der Waals surface area (Å²) in [5.41, 5.74) is 0.857. The summed E-state index contributed by atoms with van der Waals surface area (Å²) in [5.74, 6) is -1.36. The summed E-state index contributed by atoms with van der Waals surface area (Å²) in [6.45, 7) is 0.359. The number of benzene rings is 1. The van der Waals surface area contributed by atoms with Crippen molar-refractivity contribution in [3.8, 4) is 0 Å². The van der Waals surface area contributed by atoms with E-state index in [1.807, 2.05) is 30.3 Å². The molecule has 0 aromatic heterocycles. The van der Waals surface area contributed by atoms with Crippen molar-refractivity contribution in [1.82, 2.24) is 0 Å². The van der Waals surface area contributed by atoms with E-state index in [0.717, 1.165) is 5.56 Å². The molecule has 0 aliphatic rings. The van der Waals surface area contributed by atoms with E-state index in [1.165, 1.54) is 7.11 Å². The van der Waals surface area contributed by atoms with Gasteiger partial charge in [0.25, 0.3) is 0 Å². The van der Waals surface area contributed by atoms with Crippen LogP contribution in [0.5, 0.6) is 0 Å². The van der Waals surface area contributed by atoms with E-state index in [1.54, 1.807) is 0 Å². The van der Waals surface area contributed by atoms with Gasteiger partial charge in [0, 0.05) is 13.5 Å². The highest BCUT2D eigenvalue weighted by atomic mass is 16.5. The molecule has 1 aromatic carbocycles. The first-order valence-corrected chi connectivity index (χ1v) is 4.97. The van der Waals surface area contributed by atoms with Gasteiger partial charge in [0.1, 0.15) is 6.61 Å². The van der Waals surface area contributed by atoms with Crippen LogP contribution in [-0.2, 0) is 25.7 Å². The number of methoxy groups -OCH3 is 1. The minimum atomic E-state index is -0.805. The number of carbonyl (C=O) groups is 2. The molecule has 0 saturated carbocycles. The Morgan fingerprint density at radius 1 is 1.19 bits per heavy atom. The fraction of sp³-hybridized carbons (Fsp3) is 0.333. The molecule has 0 aliphatic carbocycles. The Kier molecular flexibility index (Phi) is 5.22. The number of ketones is 1. The van der Waals surface area contributed by atoms with E-state index in [4.69, 9.17) is 9.47 Å². The monoisotopic (exact) mass is 222 g/mol. The average molecular weight is 222 g/mol. The minimum absolute atomic E-state index is 0.0596. The zero-order chi connectivity index (χ0) is 11.8. The van der Waals surface area contributed by atoms with Crippen LogP contribution in [0.2, 0.25) is 0 Å². The maximum Gasteiger partial charge on any atom is 0.375 e. The molecule has 86 valence electrons. The fourth-order valence-corrected chi connectivity index (χ4v) is 1.10. The standard InChI is InChI=1S/C12H14O4/c1-15-8-7-11(13)12(14)16-9-10-5-3-2-4-6-10/h2-6H,7-9H2,1H3. The van der Waals surface area contributed by atoms with Crippen LogP contribution in [0.1, 0.15) is 12.0 Å². The van der Waals surface area contributed by atoms with Gasteiger partial charge in [-0.05, 0) is 5.56 Å². The molecule has 0 spiro atoms. The van der Waals surface area contributed by atoms with E-state index >= 15 is 0 Å². The minimum Gasteiger partial charge on any atom is -0.455 e. The molecule has 0 N–H and O–H groups in total. The van der Waals surface area contributed by atoms with Crippen LogP contribution in [0.25, 0.3) is 0 Å². The van der Waals surface area contributed by atoms with Crippen molar-refractivity contribution < 1.29 is 19.1 Å². The lowest BCUT2D eigenvalue weighted by Gasteiger charge is -2.03. The lowest BCUT2D eigenvalue weighted by molar-refractivity contribution is -0.155. The second-order valence-corrected chi connectivity index (χ2v) is 3.23. The van der Waals surface area contributed by atoms with Crippen LogP contribution in [0.15, 0.2) is 30.3 Å². The lowest BCUT2D eigenvalue weighted by Crippen LogP contribution is -2.18. The molecule has 0 radical (unpaired) electrons. The summed E-state index contributed by atoms with van der Waals surface area (Å²) < 4.78 is 9.54. The van der Waals surface area contributed by atoms with Crippen LogP contribution in [0.4, 0.5) is 0 Å². The summed E-state index contributed by atoms with van der Waals surface area (Å²) >= 11 is 0. The Morgan fingerprint density at radius 2 is 1.88 bits per heavy atom. The molecule has 0 amide bonds. The number of hydrogen-bond acceptors (Lipinski definition) is 4. The van der Waals surface area contributed by atoms with E-state index < -0.39 is 11.8 Å². The smallest absolute Gasteiger partial charge is 0.375 e. The van der Waals surface area contributed by atoms with Crippen molar-refractivity contribution >= 4 is 11.8 Å². The number of ether oxygens (including phenoxy) is 2. The zero-order valence-corrected chi connectivity index (χ0v) is 9.14. The number of carbonyl (C=O) groups excluding carboxylic acids is 2. The number of hydrogen-bond donors (Lipinski definition) is 0. The van der Waals surface area contributed by atoms with Crippen LogP contribution in [0.3, 0.4) is 0 Å². The van der Waals surface area contributed by atoms with Crippen LogP contribution >= 0.6 is 0 Å². The average Bonchev–Trinajstić information content (AvgIpc) is 2.34. The van der Waals surface area contributed by atoms with Crippen LogP contribution in [0, 0.1) is 0 Å². The third-order valence-corrected chi connectivity index (χ3v) is 1.97. The maximum atomic E-state index is 11.2. The Labute approximate surface area is 94.2 Å². The molecule has 4 nitrogen and oxygen atoms in total. The Bertz CT molecular complexity index is 345. The highest BCUT2D eigenvalue weighted by Gasteiger charge is 2.14. The van der Waals surface area contributed by atoms with E-state index in [2.05, 4.69) is 0 Å². The zero-order valence-electron chi connectivity index (χ0n) is 9.14. The van der Waals surface area contributed by atoms with Crippen molar-refractivity contribution in [2.75, 3.05) is 13.7 Å². The predicted octanol–water partition coefficient (Wildman–Crippen LogP) is 1.34. The molecule has 1 rings (SSSR count). The highest BCUT2D eigenvalue weighted by Crippen LogP contribution is 2.01. The largest absolute Gasteiger partial charge is 0.455 e. The van der Waals surface area contributed by atoms with Crippen LogP contribution in [-0.4, -0.2) is 25.5 Å². The molecule has 0 bridgehead atoms. The highest BCUT2D eigenvalue weighted by molar-refractivity contribution is 6.33. The van der Waals surface area contributed by atoms with E-state index in [9.17, 15) is 9.59 Å². The van der Waals surface area contributed by atoms with Gasteiger partial charge in [-0.15, -0.1) is 0 Å². The molecule has 0 heterocycles. The van der Waals surface area contributed by atoms with Crippen molar-refractivity contribution in [3.63, 3.8) is 0 Å². The van der Waals surface area contributed by atoms with Gasteiger partial charge in [0.05, 0.1) is 6.61 Å². The van der Waals surface area contributed by atoms with Gasteiger partial charge in [-0.1, -0.05) is 30.3 Å². The molecule has 16 heavy (non-hydrogen) atoms. The van der Waals surface area contributed by atoms with Gasteiger partial charge in [-0.2, -0.15) is 0 Å². The number of Topliss-reactive ketones (excluding diaryl/α,β-unsaturated/α-hetero) is 1. The normalized spacial score (nSPS) is 9.81. The third kappa shape index (κ3) is 4.23. The maximum absolute atomic E-state index is 11.2.